The van der Waals surface area contributed by atoms with Crippen LogP contribution in [0.2, 0.25) is 0 Å². The molecule has 0 aromatic heterocycles. The second kappa shape index (κ2) is 43.9. The van der Waals surface area contributed by atoms with Gasteiger partial charge in [-0.1, -0.05) is 0 Å². The molecule has 0 bridgehead atoms. The maximum atomic E-state index is 9.00. The van der Waals surface area contributed by atoms with Crippen LogP contribution in [0.15, 0.2) is 0 Å². The molecule has 0 spiro atoms. The second-order valence-corrected chi connectivity index (χ2v) is 0.519. The van der Waals surface area contributed by atoms with Crippen molar-refractivity contribution >= 4 is 5.97 Å². The van der Waals surface area contributed by atoms with Crippen LogP contribution in [0.25, 0.3) is 24.6 Å². The summed E-state index contributed by atoms with van der Waals surface area (Å²) in [4.78, 5) is 9.00. The van der Waals surface area contributed by atoms with Gasteiger partial charge in [-0.3, -0.25) is 4.79 Å². The van der Waals surface area contributed by atoms with E-state index in [4.69, 9.17) is 9.90 Å². The van der Waals surface area contributed by atoms with Crippen LogP contribution in [0.4, 0.5) is 0 Å². The Balaban J connectivity index is -0.00000000450. The van der Waals surface area contributed by atoms with Crippen molar-refractivity contribution in [2.45, 2.75) is 6.92 Å². The van der Waals surface area contributed by atoms with Crippen LogP contribution in [0.1, 0.15) is 6.92 Å². The van der Waals surface area contributed by atoms with Crippen molar-refractivity contribution < 1.29 is 30.3 Å². The van der Waals surface area contributed by atoms with Gasteiger partial charge in [0.05, 0.1) is 0 Å². The van der Waals surface area contributed by atoms with Crippen molar-refractivity contribution in [2.75, 3.05) is 0 Å². The third-order valence-electron chi connectivity index (χ3n) is 0. The first-order valence-electron chi connectivity index (χ1n) is 0.928. The number of nitrogens with two attached hydrogens (primary N) is 4. The van der Waals surface area contributed by atoms with Crippen LogP contribution in [-0.2, 0) is 25.2 Å². The maximum Gasteiger partial charge on any atom is 0.300 e. The fraction of sp³-hybridized carbons (Fsp3) is 0.500. The van der Waals surface area contributed by atoms with Gasteiger partial charge < -0.3 is 29.7 Å². The van der Waals surface area contributed by atoms with E-state index in [-0.39, 0.29) is 45.0 Å². The monoisotopic (exact) mass is 230 g/mol. The summed E-state index contributed by atoms with van der Waals surface area (Å²) >= 11 is 0. The molecule has 0 fully saturated rings. The molecule has 0 rings (SSSR count). The van der Waals surface area contributed by atoms with Crippen molar-refractivity contribution in [3.63, 3.8) is 0 Å². The van der Waals surface area contributed by atoms with Crippen molar-refractivity contribution in [3.8, 4) is 0 Å². The van der Waals surface area contributed by atoms with Crippen LogP contribution in [-0.4, -0.2) is 11.1 Å². The van der Waals surface area contributed by atoms with Crippen LogP contribution >= 0.6 is 0 Å². The predicted octanol–water partition coefficient (Wildman–Crippen LogP) is 2.96. The number of carbonyl (C=O) groups is 1. The summed E-state index contributed by atoms with van der Waals surface area (Å²) in [6, 6.07) is 0. The Morgan fingerprint density at radius 2 is 1.11 bits per heavy atom. The molecule has 0 atom stereocenters. The summed E-state index contributed by atoms with van der Waals surface area (Å²) in [5.74, 6) is -0.833. The Morgan fingerprint density at radius 3 is 1.11 bits per heavy atom. The Labute approximate surface area is 68.4 Å². The van der Waals surface area contributed by atoms with Gasteiger partial charge in [-0.15, -0.1) is 0 Å². The molecule has 0 aliphatic heterocycles. The summed E-state index contributed by atoms with van der Waals surface area (Å²) in [5.41, 5.74) is 0. The van der Waals surface area contributed by atoms with Gasteiger partial charge in [0.1, 0.15) is 0 Å². The van der Waals surface area contributed by atoms with E-state index < -0.39 is 5.97 Å². The van der Waals surface area contributed by atoms with E-state index in [9.17, 15) is 0 Å². The van der Waals surface area contributed by atoms with Crippen molar-refractivity contribution in [3.05, 3.63) is 24.6 Å². The summed E-state index contributed by atoms with van der Waals surface area (Å²) in [6.45, 7) is 1.08. The number of hydrogen-bond acceptors (Lipinski definition) is 1. The number of carboxylic acids is 1. The molecule has 6 nitrogen and oxygen atoms in total. The van der Waals surface area contributed by atoms with Gasteiger partial charge >= 0.3 is 0 Å². The largest absolute Gasteiger partial charge is 0.693 e. The maximum absolute atomic E-state index is 9.00. The third-order valence-corrected chi connectivity index (χ3v) is 0. The molecule has 0 aliphatic rings. The van der Waals surface area contributed by atoms with E-state index in [1.807, 2.05) is 0 Å². The molecule has 0 amide bonds. The quantitative estimate of drug-likeness (QED) is 0.631. The Kier molecular flexibility index (Phi) is 315. The molecule has 0 saturated carbocycles. The molecule has 0 unspecified atom stereocenters. The van der Waals surface area contributed by atoms with Crippen molar-refractivity contribution in [1.29, 1.82) is 0 Å². The zero-order valence-corrected chi connectivity index (χ0v) is 6.54. The minimum atomic E-state index is -0.833. The van der Waals surface area contributed by atoms with Crippen molar-refractivity contribution in [2.24, 2.45) is 0 Å². The molecule has 0 aromatic rings. The molecule has 66 valence electrons. The SMILES string of the molecule is CC(=O)O.[NH2-].[NH2-].[NH2-].[NH2-].[Pd]. The van der Waals surface area contributed by atoms with Crippen molar-refractivity contribution in [1.82, 2.24) is 0 Å². The van der Waals surface area contributed by atoms with Gasteiger partial charge in [0.25, 0.3) is 5.97 Å². The average Bonchev–Trinajstić information content (AvgIpc) is 0.811. The van der Waals surface area contributed by atoms with Gasteiger partial charge in [0.2, 0.25) is 0 Å². The smallest absolute Gasteiger partial charge is 0.300 e. The molecular formula is C2H12N4O2Pd-4. The first kappa shape index (κ1) is 64.5. The fourth-order valence-corrected chi connectivity index (χ4v) is 0. The summed E-state index contributed by atoms with van der Waals surface area (Å²) < 4.78 is 0. The van der Waals surface area contributed by atoms with Crippen LogP contribution in [0, 0.1) is 0 Å². The zero-order valence-electron chi connectivity index (χ0n) is 4.98. The number of carboxylic acid groups (broad SMARTS) is 1. The molecule has 9 N–H and O–H groups in total. The first-order chi connectivity index (χ1) is 1.73. The molecule has 0 heterocycles. The topological polar surface area (TPSA) is 171 Å². The van der Waals surface area contributed by atoms with Crippen LogP contribution in [0.3, 0.4) is 0 Å². The number of aliphatic carboxylic acids is 1. The third kappa shape index (κ3) is 372000. The summed E-state index contributed by atoms with van der Waals surface area (Å²) in [7, 11) is 0. The summed E-state index contributed by atoms with van der Waals surface area (Å²) in [6.07, 6.45) is 0. The standard InChI is InChI=1S/C2H4O2.4H2N.Pd/c1-2(3)4;;;;;/h1H3,(H,3,4);4*1H2;/q;4*-1;. The second-order valence-electron chi connectivity index (χ2n) is 0.519. The Bertz CT molecular complexity index is 39.5. The zero-order chi connectivity index (χ0) is 3.58. The van der Waals surface area contributed by atoms with Gasteiger partial charge in [-0.2, -0.15) is 0 Å². The van der Waals surface area contributed by atoms with E-state index in [1.54, 1.807) is 0 Å². The van der Waals surface area contributed by atoms with Gasteiger partial charge in [-0.25, -0.2) is 0 Å². The molecule has 9 heavy (non-hydrogen) atoms. The minimum Gasteiger partial charge on any atom is -0.693 e. The van der Waals surface area contributed by atoms with E-state index >= 15 is 0 Å². The van der Waals surface area contributed by atoms with E-state index in [1.165, 1.54) is 0 Å². The molecule has 0 saturated heterocycles. The molecule has 0 aromatic carbocycles. The first-order valence-corrected chi connectivity index (χ1v) is 0.928. The Hall–Kier alpha value is -0.0277. The van der Waals surface area contributed by atoms with E-state index in [2.05, 4.69) is 0 Å². The molecule has 7 heteroatoms. The normalized spacial score (nSPS) is 2.78. The number of hydrogen-bond donors (Lipinski definition) is 1. The minimum absolute atomic E-state index is 0. The van der Waals surface area contributed by atoms with Crippen LogP contribution in [0.5, 0.6) is 0 Å². The average molecular weight is 231 g/mol. The van der Waals surface area contributed by atoms with Crippen LogP contribution < -0.4 is 0 Å². The summed E-state index contributed by atoms with van der Waals surface area (Å²) in [5, 5.41) is 7.42. The van der Waals surface area contributed by atoms with Gasteiger partial charge in [-0.05, 0) is 0 Å². The van der Waals surface area contributed by atoms with Gasteiger partial charge in [0, 0.05) is 27.3 Å². The fourth-order valence-electron chi connectivity index (χ4n) is 0. The Morgan fingerprint density at radius 1 is 1.11 bits per heavy atom. The number of rotatable bonds is 0. The molecular weight excluding hydrogens is 218 g/mol. The molecule has 0 radical (unpaired) electrons. The predicted molar refractivity (Wildman–Crippen MR) is 34.4 cm³/mol. The van der Waals surface area contributed by atoms with Gasteiger partial charge in [0.15, 0.2) is 0 Å². The van der Waals surface area contributed by atoms with E-state index in [0.29, 0.717) is 0 Å². The molecule has 0 aliphatic carbocycles. The van der Waals surface area contributed by atoms with E-state index in [0.717, 1.165) is 6.92 Å².